The van der Waals surface area contributed by atoms with E-state index in [2.05, 4.69) is 40.4 Å². The number of carbonyl (C=O) groups is 1. The Labute approximate surface area is 114 Å². The number of hydrogen-bond acceptors (Lipinski definition) is 2. The van der Waals surface area contributed by atoms with Crippen molar-refractivity contribution in [2.75, 3.05) is 17.2 Å². The lowest BCUT2D eigenvalue weighted by atomic mass is 9.96. The second kappa shape index (κ2) is 5.26. The highest BCUT2D eigenvalue weighted by Crippen LogP contribution is 2.32. The summed E-state index contributed by atoms with van der Waals surface area (Å²) in [6.07, 6.45) is 0.816. The molecule has 0 saturated carbocycles. The molecule has 0 spiro atoms. The average Bonchev–Trinajstić information content (AvgIpc) is 2.41. The second-order valence-corrected chi connectivity index (χ2v) is 5.86. The number of benzene rings is 1. The van der Waals surface area contributed by atoms with Gasteiger partial charge in [-0.3, -0.25) is 4.79 Å². The summed E-state index contributed by atoms with van der Waals surface area (Å²) in [6.45, 7) is 4.71. The van der Waals surface area contributed by atoms with Crippen LogP contribution in [0.2, 0.25) is 0 Å². The molecule has 0 aromatic heterocycles. The Balaban J connectivity index is 2.24. The lowest BCUT2D eigenvalue weighted by Gasteiger charge is -2.15. The summed E-state index contributed by atoms with van der Waals surface area (Å²) < 4.78 is 13.8. The zero-order valence-corrected chi connectivity index (χ0v) is 12.0. The average molecular weight is 315 g/mol. The van der Waals surface area contributed by atoms with Gasteiger partial charge in [-0.25, -0.2) is 4.39 Å². The summed E-state index contributed by atoms with van der Waals surface area (Å²) in [5, 5.41) is 5.98. The Morgan fingerprint density at radius 2 is 2.17 bits per heavy atom. The molecule has 2 rings (SSSR count). The Kier molecular flexibility index (Phi) is 3.90. The van der Waals surface area contributed by atoms with E-state index >= 15 is 0 Å². The first-order chi connectivity index (χ1) is 8.47. The molecule has 98 valence electrons. The van der Waals surface area contributed by atoms with Crippen LogP contribution in [-0.2, 0) is 4.79 Å². The van der Waals surface area contributed by atoms with Crippen LogP contribution < -0.4 is 10.6 Å². The molecular weight excluding hydrogens is 299 g/mol. The van der Waals surface area contributed by atoms with Crippen molar-refractivity contribution in [1.82, 2.24) is 0 Å². The minimum Gasteiger partial charge on any atom is -0.382 e. The van der Waals surface area contributed by atoms with Gasteiger partial charge in [0.2, 0.25) is 5.91 Å². The maximum absolute atomic E-state index is 13.4. The minimum absolute atomic E-state index is 0.00606. The van der Waals surface area contributed by atoms with Gasteiger partial charge in [0.15, 0.2) is 0 Å². The van der Waals surface area contributed by atoms with Crippen LogP contribution in [-0.4, -0.2) is 12.5 Å². The fraction of sp³-hybridized carbons (Fsp3) is 0.462. The number of carbonyl (C=O) groups excluding carboxylic acids is 1. The largest absolute Gasteiger partial charge is 0.382 e. The van der Waals surface area contributed by atoms with Gasteiger partial charge >= 0.3 is 0 Å². The van der Waals surface area contributed by atoms with E-state index < -0.39 is 0 Å². The van der Waals surface area contributed by atoms with Gasteiger partial charge in [-0.1, -0.05) is 13.8 Å². The molecule has 5 heteroatoms. The number of fused-ring (bicyclic) bond motifs is 1. The van der Waals surface area contributed by atoms with Crippen molar-refractivity contribution in [3.05, 3.63) is 22.4 Å². The van der Waals surface area contributed by atoms with Crippen LogP contribution in [0, 0.1) is 17.7 Å². The molecule has 3 nitrogen and oxygen atoms in total. The lowest BCUT2D eigenvalue weighted by Crippen LogP contribution is -2.27. The minimum atomic E-state index is -0.335. The fourth-order valence-electron chi connectivity index (χ4n) is 2.12. The molecule has 1 heterocycles. The number of hydrogen-bond donors (Lipinski definition) is 2. The highest BCUT2D eigenvalue weighted by atomic mass is 79.9. The summed E-state index contributed by atoms with van der Waals surface area (Å²) in [4.78, 5) is 12.0. The first kappa shape index (κ1) is 13.3. The quantitative estimate of drug-likeness (QED) is 0.875. The van der Waals surface area contributed by atoms with Crippen molar-refractivity contribution < 1.29 is 9.18 Å². The predicted molar refractivity (Wildman–Crippen MR) is 74.2 cm³/mol. The molecular formula is C13H16BrFN2O. The number of amides is 1. The van der Waals surface area contributed by atoms with Crippen LogP contribution in [0.25, 0.3) is 0 Å². The fourth-order valence-corrected chi connectivity index (χ4v) is 2.46. The molecule has 0 saturated heterocycles. The van der Waals surface area contributed by atoms with Crippen molar-refractivity contribution in [2.45, 2.75) is 20.3 Å². The number of anilines is 2. The van der Waals surface area contributed by atoms with Crippen molar-refractivity contribution in [3.63, 3.8) is 0 Å². The second-order valence-electron chi connectivity index (χ2n) is 5.01. The molecule has 0 bridgehead atoms. The summed E-state index contributed by atoms with van der Waals surface area (Å²) in [5.74, 6) is 0.0257. The highest BCUT2D eigenvalue weighted by molar-refractivity contribution is 9.10. The van der Waals surface area contributed by atoms with Crippen LogP contribution in [0.1, 0.15) is 20.3 Å². The van der Waals surface area contributed by atoms with Gasteiger partial charge in [0.25, 0.3) is 0 Å². The van der Waals surface area contributed by atoms with Gasteiger partial charge < -0.3 is 10.6 Å². The van der Waals surface area contributed by atoms with E-state index in [1.54, 1.807) is 6.07 Å². The maximum Gasteiger partial charge on any atom is 0.229 e. The predicted octanol–water partition coefficient (Wildman–Crippen LogP) is 3.61. The summed E-state index contributed by atoms with van der Waals surface area (Å²) in [7, 11) is 0. The van der Waals surface area contributed by atoms with Gasteiger partial charge in [0.05, 0.1) is 21.8 Å². The summed E-state index contributed by atoms with van der Waals surface area (Å²) in [6, 6.07) is 2.99. The van der Waals surface area contributed by atoms with Gasteiger partial charge in [-0.15, -0.1) is 0 Å². The third kappa shape index (κ3) is 2.83. The van der Waals surface area contributed by atoms with Crippen LogP contribution in [0.5, 0.6) is 0 Å². The van der Waals surface area contributed by atoms with E-state index in [-0.39, 0.29) is 17.6 Å². The highest BCUT2D eigenvalue weighted by Gasteiger charge is 2.24. The topological polar surface area (TPSA) is 41.1 Å². The molecule has 0 fully saturated rings. The first-order valence-corrected chi connectivity index (χ1v) is 6.80. The normalized spacial score (nSPS) is 18.9. The van der Waals surface area contributed by atoms with Crippen molar-refractivity contribution >= 4 is 33.2 Å². The van der Waals surface area contributed by atoms with Crippen LogP contribution in [0.15, 0.2) is 16.6 Å². The Hall–Kier alpha value is -1.10. The van der Waals surface area contributed by atoms with E-state index in [0.717, 1.165) is 6.42 Å². The van der Waals surface area contributed by atoms with Crippen LogP contribution in [0.4, 0.5) is 15.8 Å². The third-order valence-corrected chi connectivity index (χ3v) is 3.59. The van der Waals surface area contributed by atoms with E-state index in [1.165, 1.54) is 6.07 Å². The molecule has 1 aliphatic rings. The van der Waals surface area contributed by atoms with Gasteiger partial charge in [-0.2, -0.15) is 0 Å². The summed E-state index contributed by atoms with van der Waals surface area (Å²) in [5.41, 5.74) is 1.26. The van der Waals surface area contributed by atoms with E-state index in [4.69, 9.17) is 0 Å². The van der Waals surface area contributed by atoms with E-state index in [1.807, 2.05) is 0 Å². The van der Waals surface area contributed by atoms with E-state index in [9.17, 15) is 9.18 Å². The number of rotatable bonds is 2. The molecule has 1 aliphatic heterocycles. The van der Waals surface area contributed by atoms with Gasteiger partial charge in [0, 0.05) is 12.6 Å². The SMILES string of the molecule is CC(C)CC1CNc2cc(F)c(Br)cc2NC1=O. The number of nitrogens with one attached hydrogen (secondary N) is 2. The molecule has 1 amide bonds. The smallest absolute Gasteiger partial charge is 0.229 e. The zero-order chi connectivity index (χ0) is 13.3. The molecule has 0 radical (unpaired) electrons. The Morgan fingerprint density at radius 3 is 2.83 bits per heavy atom. The molecule has 1 aromatic rings. The van der Waals surface area contributed by atoms with Crippen molar-refractivity contribution in [2.24, 2.45) is 11.8 Å². The Morgan fingerprint density at radius 1 is 1.44 bits per heavy atom. The Bertz CT molecular complexity index is 476. The summed E-state index contributed by atoms with van der Waals surface area (Å²) >= 11 is 3.12. The van der Waals surface area contributed by atoms with E-state index in [0.29, 0.717) is 28.3 Å². The van der Waals surface area contributed by atoms with Gasteiger partial charge in [-0.05, 0) is 34.3 Å². The standard InChI is InChI=1S/C13H16BrFN2O/c1-7(2)3-8-6-16-11-5-10(15)9(14)4-12(11)17-13(8)18/h4-5,7-8,16H,3,6H2,1-2H3,(H,17,18). The lowest BCUT2D eigenvalue weighted by molar-refractivity contribution is -0.119. The van der Waals surface area contributed by atoms with Crippen LogP contribution in [0.3, 0.4) is 0 Å². The molecule has 18 heavy (non-hydrogen) atoms. The third-order valence-electron chi connectivity index (χ3n) is 2.98. The molecule has 1 unspecified atom stereocenters. The van der Waals surface area contributed by atoms with Crippen LogP contribution >= 0.6 is 15.9 Å². The molecule has 1 aromatic carbocycles. The number of halogens is 2. The monoisotopic (exact) mass is 314 g/mol. The van der Waals surface area contributed by atoms with Crippen molar-refractivity contribution in [3.8, 4) is 0 Å². The van der Waals surface area contributed by atoms with Gasteiger partial charge in [0.1, 0.15) is 5.82 Å². The molecule has 2 N–H and O–H groups in total. The first-order valence-electron chi connectivity index (χ1n) is 6.01. The van der Waals surface area contributed by atoms with Crippen molar-refractivity contribution in [1.29, 1.82) is 0 Å². The maximum atomic E-state index is 13.4. The molecule has 1 atom stereocenters. The zero-order valence-electron chi connectivity index (χ0n) is 10.4. The molecule has 0 aliphatic carbocycles.